The monoisotopic (exact) mass is 412 g/mol. The Kier molecular flexibility index (Phi) is 5.27. The number of hydrogen-bond acceptors (Lipinski definition) is 2. The highest BCUT2D eigenvalue weighted by Crippen LogP contribution is 2.38. The molecule has 4 rings (SSSR count). The van der Waals surface area contributed by atoms with Crippen LogP contribution in [0, 0.1) is 0 Å². The number of para-hydroxylation sites is 1. The first kappa shape index (κ1) is 20.0. The lowest BCUT2D eigenvalue weighted by atomic mass is 9.89. The molecule has 4 heteroatoms. The molecule has 0 radical (unpaired) electrons. The first-order chi connectivity index (χ1) is 14.4. The summed E-state index contributed by atoms with van der Waals surface area (Å²) in [5.41, 5.74) is 5.76. The first-order valence-corrected chi connectivity index (χ1v) is 10.4. The minimum Gasteiger partial charge on any atom is -0.309 e. The standard InChI is InChI=1S/C26H24N2OS/c1-18-17-26(2,3)28(23-12-8-7-11-22(18)23)25(30)27-24(29)21-15-13-20(14-16-21)19-9-5-4-6-10-19/h4-17H,1-3H3,(H,27,29,30). The van der Waals surface area contributed by atoms with Crippen LogP contribution in [0.2, 0.25) is 0 Å². The zero-order chi connectivity index (χ0) is 21.3. The molecular weight excluding hydrogens is 388 g/mol. The van der Waals surface area contributed by atoms with Crippen molar-refractivity contribution in [3.8, 4) is 11.1 Å². The summed E-state index contributed by atoms with van der Waals surface area (Å²) in [6.07, 6.45) is 2.18. The number of thiocarbonyl (C=S) groups is 1. The summed E-state index contributed by atoms with van der Waals surface area (Å²) in [5, 5.41) is 3.32. The molecule has 0 saturated carbocycles. The van der Waals surface area contributed by atoms with Gasteiger partial charge in [0.1, 0.15) is 0 Å². The third-order valence-electron chi connectivity index (χ3n) is 5.39. The Balaban J connectivity index is 1.56. The molecule has 0 aromatic heterocycles. The van der Waals surface area contributed by atoms with Crippen molar-refractivity contribution >= 4 is 34.5 Å². The molecule has 1 N–H and O–H groups in total. The Hall–Kier alpha value is -3.24. The number of benzene rings is 3. The number of nitrogens with one attached hydrogen (secondary N) is 1. The number of fused-ring (bicyclic) bond motifs is 1. The van der Waals surface area contributed by atoms with E-state index in [1.54, 1.807) is 0 Å². The zero-order valence-corrected chi connectivity index (χ0v) is 18.2. The van der Waals surface area contributed by atoms with E-state index in [0.29, 0.717) is 10.7 Å². The Morgan fingerprint density at radius 2 is 1.47 bits per heavy atom. The topological polar surface area (TPSA) is 32.3 Å². The Labute approximate surface area is 183 Å². The number of carbonyl (C=O) groups is 1. The van der Waals surface area contributed by atoms with Crippen LogP contribution in [-0.4, -0.2) is 16.6 Å². The maximum absolute atomic E-state index is 12.9. The predicted molar refractivity (Wildman–Crippen MR) is 129 cm³/mol. The molecule has 1 aliphatic heterocycles. The summed E-state index contributed by atoms with van der Waals surface area (Å²) in [7, 11) is 0. The van der Waals surface area contributed by atoms with E-state index in [1.165, 1.54) is 5.57 Å². The third-order valence-corrected chi connectivity index (χ3v) is 5.68. The second-order valence-electron chi connectivity index (χ2n) is 8.04. The van der Waals surface area contributed by atoms with Gasteiger partial charge in [-0.15, -0.1) is 0 Å². The number of hydrogen-bond donors (Lipinski definition) is 1. The van der Waals surface area contributed by atoms with Gasteiger partial charge in [-0.1, -0.05) is 66.7 Å². The predicted octanol–water partition coefficient (Wildman–Crippen LogP) is 6.07. The molecule has 1 heterocycles. The van der Waals surface area contributed by atoms with E-state index in [-0.39, 0.29) is 11.4 Å². The highest BCUT2D eigenvalue weighted by Gasteiger charge is 2.34. The minimum atomic E-state index is -0.347. The van der Waals surface area contributed by atoms with Gasteiger partial charge in [0.25, 0.3) is 5.91 Å². The van der Waals surface area contributed by atoms with E-state index >= 15 is 0 Å². The average molecular weight is 413 g/mol. The molecule has 3 nitrogen and oxygen atoms in total. The molecule has 0 saturated heterocycles. The summed E-state index contributed by atoms with van der Waals surface area (Å²) < 4.78 is 0. The molecule has 0 aliphatic carbocycles. The lowest BCUT2D eigenvalue weighted by Gasteiger charge is -2.42. The first-order valence-electron chi connectivity index (χ1n) is 9.97. The number of amides is 1. The van der Waals surface area contributed by atoms with Crippen LogP contribution in [0.25, 0.3) is 16.7 Å². The van der Waals surface area contributed by atoms with Crippen LogP contribution >= 0.6 is 12.2 Å². The van der Waals surface area contributed by atoms with Gasteiger partial charge >= 0.3 is 0 Å². The maximum atomic E-state index is 12.9. The third kappa shape index (κ3) is 3.79. The second-order valence-corrected chi connectivity index (χ2v) is 8.42. The normalized spacial score (nSPS) is 14.5. The van der Waals surface area contributed by atoms with E-state index < -0.39 is 0 Å². The zero-order valence-electron chi connectivity index (χ0n) is 17.3. The quantitative estimate of drug-likeness (QED) is 0.519. The fourth-order valence-electron chi connectivity index (χ4n) is 4.03. The van der Waals surface area contributed by atoms with Crippen molar-refractivity contribution in [2.75, 3.05) is 4.90 Å². The largest absolute Gasteiger partial charge is 0.309 e. The van der Waals surface area contributed by atoms with Gasteiger partial charge in [-0.25, -0.2) is 0 Å². The molecule has 3 aromatic rings. The van der Waals surface area contributed by atoms with Crippen molar-refractivity contribution < 1.29 is 4.79 Å². The van der Waals surface area contributed by atoms with Crippen molar-refractivity contribution in [1.29, 1.82) is 0 Å². The van der Waals surface area contributed by atoms with Gasteiger partial charge < -0.3 is 4.90 Å². The second kappa shape index (κ2) is 7.88. The number of carbonyl (C=O) groups excluding carboxylic acids is 1. The fourth-order valence-corrected chi connectivity index (χ4v) is 4.45. The average Bonchev–Trinajstić information content (AvgIpc) is 2.74. The number of allylic oxidation sites excluding steroid dienone is 1. The smallest absolute Gasteiger partial charge is 0.257 e. The molecule has 0 fully saturated rings. The van der Waals surface area contributed by atoms with E-state index in [0.717, 1.165) is 22.4 Å². The molecule has 1 amide bonds. The van der Waals surface area contributed by atoms with Crippen molar-refractivity contribution in [2.24, 2.45) is 0 Å². The lowest BCUT2D eigenvalue weighted by Crippen LogP contribution is -2.54. The van der Waals surface area contributed by atoms with E-state index in [9.17, 15) is 4.79 Å². The molecule has 30 heavy (non-hydrogen) atoms. The van der Waals surface area contributed by atoms with E-state index in [4.69, 9.17) is 12.2 Å². The van der Waals surface area contributed by atoms with Gasteiger partial charge in [0.15, 0.2) is 5.11 Å². The van der Waals surface area contributed by atoms with Gasteiger partial charge in [0.2, 0.25) is 0 Å². The molecule has 0 spiro atoms. The summed E-state index contributed by atoms with van der Waals surface area (Å²) in [6, 6.07) is 25.8. The summed E-state index contributed by atoms with van der Waals surface area (Å²) in [5.74, 6) is -0.209. The van der Waals surface area contributed by atoms with Gasteiger partial charge in [-0.3, -0.25) is 10.1 Å². The van der Waals surface area contributed by atoms with Crippen LogP contribution in [0.4, 0.5) is 5.69 Å². The summed E-state index contributed by atoms with van der Waals surface area (Å²) in [6.45, 7) is 6.30. The van der Waals surface area contributed by atoms with Crippen molar-refractivity contribution in [1.82, 2.24) is 5.32 Å². The number of anilines is 1. The summed E-state index contributed by atoms with van der Waals surface area (Å²) >= 11 is 5.68. The van der Waals surface area contributed by atoms with Crippen LogP contribution in [0.1, 0.15) is 36.7 Å². The highest BCUT2D eigenvalue weighted by molar-refractivity contribution is 7.80. The van der Waals surface area contributed by atoms with E-state index in [2.05, 4.69) is 50.4 Å². The van der Waals surface area contributed by atoms with Gasteiger partial charge in [0.05, 0.1) is 11.2 Å². The fraction of sp³-hybridized carbons (Fsp3) is 0.154. The van der Waals surface area contributed by atoms with Gasteiger partial charge in [-0.2, -0.15) is 0 Å². The molecule has 150 valence electrons. The highest BCUT2D eigenvalue weighted by atomic mass is 32.1. The van der Waals surface area contributed by atoms with Crippen LogP contribution < -0.4 is 10.2 Å². The van der Waals surface area contributed by atoms with Crippen LogP contribution in [-0.2, 0) is 0 Å². The molecule has 0 atom stereocenters. The number of rotatable bonds is 2. The molecular formula is C26H24N2OS. The van der Waals surface area contributed by atoms with Gasteiger partial charge in [-0.05, 0) is 67.9 Å². The van der Waals surface area contributed by atoms with Crippen LogP contribution in [0.3, 0.4) is 0 Å². The molecule has 3 aromatic carbocycles. The Morgan fingerprint density at radius 3 is 2.17 bits per heavy atom. The maximum Gasteiger partial charge on any atom is 0.257 e. The SMILES string of the molecule is CC1=CC(C)(C)N(C(=S)NC(=O)c2ccc(-c3ccccc3)cc2)c2ccccc21. The molecule has 1 aliphatic rings. The summed E-state index contributed by atoms with van der Waals surface area (Å²) in [4.78, 5) is 14.9. The lowest BCUT2D eigenvalue weighted by molar-refractivity contribution is 0.0977. The van der Waals surface area contributed by atoms with Gasteiger partial charge in [0, 0.05) is 11.1 Å². The minimum absolute atomic E-state index is 0.209. The Morgan fingerprint density at radius 1 is 0.867 bits per heavy atom. The number of nitrogens with zero attached hydrogens (tertiary/aromatic N) is 1. The Bertz CT molecular complexity index is 1130. The van der Waals surface area contributed by atoms with Crippen molar-refractivity contribution in [2.45, 2.75) is 26.3 Å². The van der Waals surface area contributed by atoms with Crippen molar-refractivity contribution in [3.05, 3.63) is 96.1 Å². The van der Waals surface area contributed by atoms with Crippen LogP contribution in [0.5, 0.6) is 0 Å². The van der Waals surface area contributed by atoms with Crippen molar-refractivity contribution in [3.63, 3.8) is 0 Å². The van der Waals surface area contributed by atoms with Crippen LogP contribution in [0.15, 0.2) is 84.9 Å². The molecule has 0 bridgehead atoms. The van der Waals surface area contributed by atoms with E-state index in [1.807, 2.05) is 65.6 Å². The molecule has 0 unspecified atom stereocenters.